The van der Waals surface area contributed by atoms with E-state index in [0.29, 0.717) is 29.2 Å². The van der Waals surface area contributed by atoms with Crippen LogP contribution >= 0.6 is 11.6 Å². The van der Waals surface area contributed by atoms with Crippen molar-refractivity contribution >= 4 is 41.2 Å². The Morgan fingerprint density at radius 1 is 1.23 bits per heavy atom. The van der Waals surface area contributed by atoms with Gasteiger partial charge in [-0.1, -0.05) is 23.7 Å². The summed E-state index contributed by atoms with van der Waals surface area (Å²) >= 11 is 6.14. The molecule has 160 valence electrons. The van der Waals surface area contributed by atoms with E-state index in [9.17, 15) is 19.5 Å². The molecule has 7 nitrogen and oxygen atoms in total. The molecule has 31 heavy (non-hydrogen) atoms. The lowest BCUT2D eigenvalue weighted by atomic mass is 10.0. The quantitative estimate of drug-likeness (QED) is 0.399. The molecule has 0 bridgehead atoms. The topological polar surface area (TPSA) is 95.9 Å². The first-order valence-corrected chi connectivity index (χ1v) is 9.91. The number of nitrogens with zero attached hydrogens (tertiary/aromatic N) is 1. The average Bonchev–Trinajstić information content (AvgIpc) is 2.71. The normalized spacial score (nSPS) is 15.3. The first-order valence-electron chi connectivity index (χ1n) is 9.54. The maximum atomic E-state index is 13.1. The summed E-state index contributed by atoms with van der Waals surface area (Å²) < 4.78 is 5.46. The van der Waals surface area contributed by atoms with Crippen molar-refractivity contribution in [3.8, 4) is 11.5 Å². The van der Waals surface area contributed by atoms with Crippen molar-refractivity contribution < 1.29 is 24.2 Å². The van der Waals surface area contributed by atoms with Gasteiger partial charge in [0.25, 0.3) is 11.8 Å². The zero-order valence-corrected chi connectivity index (χ0v) is 17.8. The first-order chi connectivity index (χ1) is 14.8. The van der Waals surface area contributed by atoms with Crippen molar-refractivity contribution in [1.29, 1.82) is 0 Å². The van der Waals surface area contributed by atoms with E-state index >= 15 is 0 Å². The molecular formula is C23H21ClN2O5. The summed E-state index contributed by atoms with van der Waals surface area (Å²) in [5.41, 5.74) is 1.76. The van der Waals surface area contributed by atoms with Crippen LogP contribution in [0.3, 0.4) is 0 Å². The molecule has 8 heteroatoms. The number of ether oxygens (including phenoxy) is 1. The van der Waals surface area contributed by atoms with Crippen LogP contribution in [0.2, 0.25) is 5.02 Å². The number of anilines is 1. The maximum absolute atomic E-state index is 13.1. The number of hydrogen-bond donors (Lipinski definition) is 2. The number of benzene rings is 2. The molecule has 0 aliphatic carbocycles. The van der Waals surface area contributed by atoms with Gasteiger partial charge >= 0.3 is 6.03 Å². The third-order valence-corrected chi connectivity index (χ3v) is 5.07. The van der Waals surface area contributed by atoms with Crippen LogP contribution in [0.15, 0.2) is 48.6 Å². The molecule has 1 saturated heterocycles. The summed E-state index contributed by atoms with van der Waals surface area (Å²) in [6, 6.07) is 7.01. The lowest BCUT2D eigenvalue weighted by Gasteiger charge is -2.26. The highest BCUT2D eigenvalue weighted by atomic mass is 35.5. The van der Waals surface area contributed by atoms with Crippen molar-refractivity contribution in [2.24, 2.45) is 0 Å². The Morgan fingerprint density at radius 2 is 1.97 bits per heavy atom. The van der Waals surface area contributed by atoms with Crippen molar-refractivity contribution in [2.45, 2.75) is 20.3 Å². The van der Waals surface area contributed by atoms with Crippen molar-refractivity contribution in [3.63, 3.8) is 0 Å². The molecule has 1 aliphatic heterocycles. The third-order valence-electron chi connectivity index (χ3n) is 4.67. The predicted molar refractivity (Wildman–Crippen MR) is 118 cm³/mol. The summed E-state index contributed by atoms with van der Waals surface area (Å²) in [5.74, 6) is -1.42. The zero-order chi connectivity index (χ0) is 22.7. The molecule has 2 aromatic carbocycles. The number of allylic oxidation sites excluding steroid dienone is 1. The highest BCUT2D eigenvalue weighted by Gasteiger charge is 2.37. The zero-order valence-electron chi connectivity index (χ0n) is 17.1. The molecule has 0 spiro atoms. The number of rotatable bonds is 6. The van der Waals surface area contributed by atoms with E-state index < -0.39 is 17.8 Å². The Bertz CT molecular complexity index is 1120. The summed E-state index contributed by atoms with van der Waals surface area (Å²) in [4.78, 5) is 38.7. The van der Waals surface area contributed by atoms with Gasteiger partial charge in [-0.2, -0.15) is 0 Å². The lowest BCUT2D eigenvalue weighted by molar-refractivity contribution is -0.122. The standard InChI is InChI=1S/C23H21ClN2O5/c1-4-6-15-9-14(11-19(20(15)27)31-5-2)10-17-21(28)25-23(30)26(22(17)29)16-8-7-13(3)18(24)12-16/h4,7-12,27H,1,5-6H2,2-3H3,(H,25,28,30). The second-order valence-electron chi connectivity index (χ2n) is 6.84. The Kier molecular flexibility index (Phi) is 6.46. The number of aryl methyl sites for hydroxylation is 1. The molecule has 0 atom stereocenters. The lowest BCUT2D eigenvalue weighted by Crippen LogP contribution is -2.54. The maximum Gasteiger partial charge on any atom is 0.335 e. The van der Waals surface area contributed by atoms with Gasteiger partial charge in [-0.05, 0) is 61.7 Å². The molecule has 1 fully saturated rings. The Balaban J connectivity index is 2.07. The van der Waals surface area contributed by atoms with Crippen LogP contribution in [0.4, 0.5) is 10.5 Å². The van der Waals surface area contributed by atoms with Gasteiger partial charge in [0.15, 0.2) is 11.5 Å². The smallest absolute Gasteiger partial charge is 0.335 e. The Labute approximate surface area is 184 Å². The van der Waals surface area contributed by atoms with E-state index in [1.165, 1.54) is 18.2 Å². The van der Waals surface area contributed by atoms with Gasteiger partial charge in [0.05, 0.1) is 12.3 Å². The number of imide groups is 2. The van der Waals surface area contributed by atoms with Gasteiger partial charge in [-0.25, -0.2) is 9.69 Å². The van der Waals surface area contributed by atoms with Crippen LogP contribution in [-0.4, -0.2) is 29.6 Å². The number of urea groups is 1. The summed E-state index contributed by atoms with van der Waals surface area (Å²) in [6.45, 7) is 7.55. The minimum atomic E-state index is -0.861. The Hall–Kier alpha value is -3.58. The highest BCUT2D eigenvalue weighted by Crippen LogP contribution is 2.34. The fourth-order valence-electron chi connectivity index (χ4n) is 3.13. The number of hydrogen-bond acceptors (Lipinski definition) is 5. The average molecular weight is 441 g/mol. The van der Waals surface area contributed by atoms with Crippen molar-refractivity contribution in [2.75, 3.05) is 11.5 Å². The predicted octanol–water partition coefficient (Wildman–Crippen LogP) is 4.15. The summed E-state index contributed by atoms with van der Waals surface area (Å²) in [6.07, 6.45) is 3.32. The van der Waals surface area contributed by atoms with E-state index in [1.54, 1.807) is 38.1 Å². The van der Waals surface area contributed by atoms with Gasteiger partial charge in [0.2, 0.25) is 0 Å². The highest BCUT2D eigenvalue weighted by molar-refractivity contribution is 6.39. The first kappa shape index (κ1) is 22.1. The molecule has 0 aromatic heterocycles. The second kappa shape index (κ2) is 9.06. The van der Waals surface area contributed by atoms with E-state index in [-0.39, 0.29) is 22.8 Å². The molecular weight excluding hydrogens is 420 g/mol. The molecule has 0 saturated carbocycles. The van der Waals surface area contributed by atoms with Gasteiger partial charge in [-0.3, -0.25) is 14.9 Å². The number of phenols is 1. The SMILES string of the molecule is C=CCc1cc(C=C2C(=O)NC(=O)N(c3ccc(C)c(Cl)c3)C2=O)cc(OCC)c1O. The number of halogens is 1. The number of nitrogens with one attached hydrogen (secondary N) is 1. The molecule has 3 rings (SSSR count). The minimum absolute atomic E-state index is 0.0329. The molecule has 4 amide bonds. The van der Waals surface area contributed by atoms with Crippen molar-refractivity contribution in [1.82, 2.24) is 5.32 Å². The van der Waals surface area contributed by atoms with Crippen LogP contribution < -0.4 is 15.0 Å². The van der Waals surface area contributed by atoms with Crippen LogP contribution in [0.25, 0.3) is 6.08 Å². The van der Waals surface area contributed by atoms with Crippen molar-refractivity contribution in [3.05, 3.63) is 70.3 Å². The van der Waals surface area contributed by atoms with Gasteiger partial charge in [0, 0.05) is 10.6 Å². The van der Waals surface area contributed by atoms with Gasteiger partial charge < -0.3 is 9.84 Å². The number of phenolic OH excluding ortho intramolecular Hbond substituents is 1. The molecule has 0 radical (unpaired) electrons. The number of aromatic hydroxyl groups is 1. The minimum Gasteiger partial charge on any atom is -0.504 e. The molecule has 2 aromatic rings. The Morgan fingerprint density at radius 3 is 2.61 bits per heavy atom. The van der Waals surface area contributed by atoms with Gasteiger partial charge in [0.1, 0.15) is 5.57 Å². The monoisotopic (exact) mass is 440 g/mol. The molecule has 2 N–H and O–H groups in total. The summed E-state index contributed by atoms with van der Waals surface area (Å²) in [5, 5.41) is 12.9. The van der Waals surface area contributed by atoms with Crippen LogP contribution in [-0.2, 0) is 16.0 Å². The van der Waals surface area contributed by atoms with E-state index in [4.69, 9.17) is 16.3 Å². The fraction of sp³-hybridized carbons (Fsp3) is 0.174. The number of amides is 4. The molecule has 1 aliphatic rings. The fourth-order valence-corrected chi connectivity index (χ4v) is 3.30. The summed E-state index contributed by atoms with van der Waals surface area (Å²) in [7, 11) is 0. The molecule has 0 unspecified atom stereocenters. The largest absolute Gasteiger partial charge is 0.504 e. The second-order valence-corrected chi connectivity index (χ2v) is 7.25. The van der Waals surface area contributed by atoms with Crippen LogP contribution in [0.5, 0.6) is 11.5 Å². The third kappa shape index (κ3) is 4.46. The van der Waals surface area contributed by atoms with E-state index in [2.05, 4.69) is 11.9 Å². The number of carbonyl (C=O) groups excluding carboxylic acids is 3. The number of barbiturate groups is 1. The number of carbonyl (C=O) groups is 3. The van der Waals surface area contributed by atoms with Crippen LogP contribution in [0, 0.1) is 6.92 Å². The van der Waals surface area contributed by atoms with Crippen LogP contribution in [0.1, 0.15) is 23.6 Å². The van der Waals surface area contributed by atoms with Gasteiger partial charge in [-0.15, -0.1) is 6.58 Å². The molecule has 1 heterocycles. The van der Waals surface area contributed by atoms with E-state index in [0.717, 1.165) is 10.5 Å². The van der Waals surface area contributed by atoms with E-state index in [1.807, 2.05) is 0 Å².